The van der Waals surface area contributed by atoms with E-state index in [1.54, 1.807) is 7.11 Å². The summed E-state index contributed by atoms with van der Waals surface area (Å²) in [6, 6.07) is 3.21. The van der Waals surface area contributed by atoms with Gasteiger partial charge in [-0.3, -0.25) is 19.3 Å². The van der Waals surface area contributed by atoms with Gasteiger partial charge in [0.2, 0.25) is 24.4 Å². The van der Waals surface area contributed by atoms with Crippen molar-refractivity contribution in [1.82, 2.24) is 14.7 Å². The molecule has 41 heavy (non-hydrogen) atoms. The van der Waals surface area contributed by atoms with Crippen LogP contribution in [-0.4, -0.2) is 103 Å². The van der Waals surface area contributed by atoms with Crippen LogP contribution in [0.3, 0.4) is 0 Å². The molecule has 1 aromatic carbocycles. The highest BCUT2D eigenvalue weighted by atomic mass is 16.7. The zero-order valence-corrected chi connectivity index (χ0v) is 24.9. The third-order valence-electron chi connectivity index (χ3n) is 8.81. The van der Waals surface area contributed by atoms with Crippen molar-refractivity contribution in [3.05, 3.63) is 17.7 Å². The fraction of sp³-hybridized carbons (Fsp3) is 0.700. The summed E-state index contributed by atoms with van der Waals surface area (Å²) in [5, 5.41) is 10.6. The van der Waals surface area contributed by atoms with E-state index in [2.05, 4.69) is 6.92 Å². The van der Waals surface area contributed by atoms with E-state index < -0.39 is 29.3 Å². The van der Waals surface area contributed by atoms with Gasteiger partial charge in [-0.1, -0.05) is 27.2 Å². The van der Waals surface area contributed by atoms with Crippen molar-refractivity contribution in [2.75, 3.05) is 59.7 Å². The minimum absolute atomic E-state index is 0.0247. The highest BCUT2D eigenvalue weighted by molar-refractivity contribution is 5.84. The number of unbranched alkanes of at least 4 members (excludes halogenated alkanes) is 1. The summed E-state index contributed by atoms with van der Waals surface area (Å²) >= 11 is 0. The lowest BCUT2D eigenvalue weighted by Crippen LogP contribution is -2.46. The highest BCUT2D eigenvalue weighted by Gasteiger charge is 2.48. The number of carboxylic acids is 1. The van der Waals surface area contributed by atoms with E-state index in [-0.39, 0.29) is 25.2 Å². The molecule has 3 N–H and O–H groups in total. The zero-order valence-electron chi connectivity index (χ0n) is 24.9. The lowest BCUT2D eigenvalue weighted by atomic mass is 9.84. The summed E-state index contributed by atoms with van der Waals surface area (Å²) in [4.78, 5) is 45.1. The Bertz CT molecular complexity index is 1100. The number of ether oxygens (including phenoxy) is 3. The van der Waals surface area contributed by atoms with E-state index in [9.17, 15) is 19.5 Å². The number of methoxy groups -OCH3 is 1. The summed E-state index contributed by atoms with van der Waals surface area (Å²) < 4.78 is 16.7. The van der Waals surface area contributed by atoms with Crippen LogP contribution in [-0.2, 0) is 14.4 Å². The summed E-state index contributed by atoms with van der Waals surface area (Å²) in [6.45, 7) is 9.38. The van der Waals surface area contributed by atoms with E-state index in [0.29, 0.717) is 69.4 Å². The molecule has 0 aliphatic carbocycles. The van der Waals surface area contributed by atoms with Crippen LogP contribution < -0.4 is 19.9 Å². The molecule has 3 aliphatic heterocycles. The zero-order chi connectivity index (χ0) is 29.7. The van der Waals surface area contributed by atoms with E-state index in [4.69, 9.17) is 19.9 Å². The van der Waals surface area contributed by atoms with Gasteiger partial charge >= 0.3 is 5.97 Å². The normalized spacial score (nSPS) is 23.3. The van der Waals surface area contributed by atoms with E-state index in [1.807, 2.05) is 40.7 Å². The van der Waals surface area contributed by atoms with Crippen molar-refractivity contribution in [2.24, 2.45) is 17.1 Å². The number of likely N-dealkylation sites (tertiary alicyclic amines) is 2. The smallest absolute Gasteiger partial charge is 0.308 e. The molecule has 3 heterocycles. The lowest BCUT2D eigenvalue weighted by Gasteiger charge is -2.31. The lowest BCUT2D eigenvalue weighted by molar-refractivity contribution is -0.144. The van der Waals surface area contributed by atoms with Crippen molar-refractivity contribution in [3.63, 3.8) is 0 Å². The predicted molar refractivity (Wildman–Crippen MR) is 153 cm³/mol. The summed E-state index contributed by atoms with van der Waals surface area (Å²) in [6.07, 6.45) is 3.80. The van der Waals surface area contributed by atoms with Gasteiger partial charge in [0, 0.05) is 50.1 Å². The van der Waals surface area contributed by atoms with Crippen LogP contribution in [0.5, 0.6) is 17.2 Å². The van der Waals surface area contributed by atoms with Gasteiger partial charge in [0.05, 0.1) is 19.6 Å². The molecule has 1 aromatic rings. The first-order valence-corrected chi connectivity index (χ1v) is 14.8. The van der Waals surface area contributed by atoms with Crippen molar-refractivity contribution in [1.29, 1.82) is 0 Å². The van der Waals surface area contributed by atoms with Gasteiger partial charge < -0.3 is 34.9 Å². The van der Waals surface area contributed by atoms with E-state index in [0.717, 1.165) is 24.8 Å². The van der Waals surface area contributed by atoms with E-state index >= 15 is 0 Å². The molecule has 0 bridgehead atoms. The number of rotatable bonds is 14. The van der Waals surface area contributed by atoms with Crippen molar-refractivity contribution >= 4 is 17.8 Å². The minimum atomic E-state index is -0.925. The van der Waals surface area contributed by atoms with Gasteiger partial charge in [-0.2, -0.15) is 0 Å². The van der Waals surface area contributed by atoms with Crippen LogP contribution in [0.1, 0.15) is 64.4 Å². The van der Waals surface area contributed by atoms with Crippen LogP contribution in [0.4, 0.5) is 0 Å². The summed E-state index contributed by atoms with van der Waals surface area (Å²) in [5.41, 5.74) is 6.10. The average molecular weight is 575 g/mol. The molecule has 4 rings (SSSR count). The number of hydrogen-bond donors (Lipinski definition) is 2. The van der Waals surface area contributed by atoms with Gasteiger partial charge in [0.25, 0.3) is 0 Å². The number of carbonyl (C=O) groups is 3. The summed E-state index contributed by atoms with van der Waals surface area (Å²) in [5.74, 6) is -0.538. The maximum atomic E-state index is 13.6. The monoisotopic (exact) mass is 574 g/mol. The molecular weight excluding hydrogens is 528 g/mol. The molecule has 2 saturated heterocycles. The number of carboxylic acid groups (broad SMARTS) is 1. The first-order valence-electron chi connectivity index (χ1n) is 14.8. The fourth-order valence-corrected chi connectivity index (χ4v) is 6.37. The number of amides is 2. The Morgan fingerprint density at radius 3 is 2.61 bits per heavy atom. The molecule has 11 nitrogen and oxygen atoms in total. The largest absolute Gasteiger partial charge is 0.493 e. The first-order chi connectivity index (χ1) is 19.6. The molecule has 0 aromatic heterocycles. The average Bonchev–Trinajstić information content (AvgIpc) is 3.63. The van der Waals surface area contributed by atoms with Crippen LogP contribution in [0.2, 0.25) is 0 Å². The third kappa shape index (κ3) is 6.72. The molecule has 2 amide bonds. The minimum Gasteiger partial charge on any atom is -0.493 e. The number of hydrogen-bond acceptors (Lipinski definition) is 8. The van der Waals surface area contributed by atoms with Crippen LogP contribution in [0, 0.1) is 11.3 Å². The molecule has 3 atom stereocenters. The number of benzene rings is 1. The molecule has 0 saturated carbocycles. The van der Waals surface area contributed by atoms with Crippen molar-refractivity contribution in [3.8, 4) is 17.2 Å². The molecule has 2 fully saturated rings. The first kappa shape index (κ1) is 30.9. The van der Waals surface area contributed by atoms with Gasteiger partial charge in [0.15, 0.2) is 11.5 Å². The number of nitrogens with two attached hydrogens (primary N) is 1. The highest BCUT2D eigenvalue weighted by Crippen LogP contribution is 2.47. The van der Waals surface area contributed by atoms with Gasteiger partial charge in [-0.25, -0.2) is 0 Å². The molecule has 11 heteroatoms. The summed E-state index contributed by atoms with van der Waals surface area (Å²) in [7, 11) is 1.54. The molecule has 0 radical (unpaired) electrons. The standard InChI is InChI=1S/C30H46N4O7/c1-5-6-11-32(12-7-10-31)25(35)18-34-17-21(20-15-23(39-4)27-24(16-20)40-19-41-27)26(28(36)37)22(34)8-13-33-14-9-30(2,3)29(33)38/h15-16,21-22,26H,5-14,17-19,31H2,1-4H3,(H,36,37)/t21-,22+,26?/m1/s1. The van der Waals surface area contributed by atoms with Crippen LogP contribution >= 0.6 is 0 Å². The predicted octanol–water partition coefficient (Wildman–Crippen LogP) is 2.52. The fourth-order valence-electron chi connectivity index (χ4n) is 6.37. The number of fused-ring (bicyclic) bond motifs is 1. The quantitative estimate of drug-likeness (QED) is 0.344. The Kier molecular flexibility index (Phi) is 10.0. The topological polar surface area (TPSA) is 135 Å². The Hall–Kier alpha value is -3.05. The SMILES string of the molecule is CCCCN(CCCN)C(=O)CN1C[C@H](c2cc(OC)c3c(c2)OCO3)C(C(=O)O)[C@@H]1CCN1CCC(C)(C)C1=O. The van der Waals surface area contributed by atoms with Crippen molar-refractivity contribution < 1.29 is 33.7 Å². The van der Waals surface area contributed by atoms with Gasteiger partial charge in [0.1, 0.15) is 0 Å². The van der Waals surface area contributed by atoms with Crippen LogP contribution in [0.15, 0.2) is 12.1 Å². The number of carbonyl (C=O) groups excluding carboxylic acids is 2. The molecule has 1 unspecified atom stereocenters. The van der Waals surface area contributed by atoms with Gasteiger partial charge in [-0.15, -0.1) is 0 Å². The Morgan fingerprint density at radius 2 is 1.98 bits per heavy atom. The Labute approximate surface area is 242 Å². The molecule has 3 aliphatic rings. The number of aliphatic carboxylic acids is 1. The second-order valence-corrected chi connectivity index (χ2v) is 12.0. The molecule has 228 valence electrons. The van der Waals surface area contributed by atoms with E-state index in [1.165, 1.54) is 0 Å². The second-order valence-electron chi connectivity index (χ2n) is 12.0. The second kappa shape index (κ2) is 13.3. The third-order valence-corrected chi connectivity index (χ3v) is 8.81. The van der Waals surface area contributed by atoms with Crippen molar-refractivity contribution in [2.45, 2.75) is 64.8 Å². The Balaban J connectivity index is 1.63. The van der Waals surface area contributed by atoms with Gasteiger partial charge in [-0.05, 0) is 49.9 Å². The Morgan fingerprint density at radius 1 is 1.22 bits per heavy atom. The molecular formula is C30H46N4O7. The number of nitrogens with zero attached hydrogens (tertiary/aromatic N) is 3. The molecule has 0 spiro atoms. The maximum Gasteiger partial charge on any atom is 0.308 e. The maximum absolute atomic E-state index is 13.6. The van der Waals surface area contributed by atoms with Crippen LogP contribution in [0.25, 0.3) is 0 Å².